The van der Waals surface area contributed by atoms with Crippen LogP contribution in [-0.4, -0.2) is 38.8 Å². The third kappa shape index (κ3) is 5.78. The van der Waals surface area contributed by atoms with Crippen LogP contribution in [0.15, 0.2) is 72.1 Å². The van der Waals surface area contributed by atoms with E-state index in [2.05, 4.69) is 39.6 Å². The Morgan fingerprint density at radius 1 is 1.00 bits per heavy atom. The fraction of sp³-hybridized carbons (Fsp3) is 0.211. The van der Waals surface area contributed by atoms with E-state index in [1.807, 2.05) is 80.4 Å². The summed E-state index contributed by atoms with van der Waals surface area (Å²) >= 11 is 0. The molecule has 3 N–H and O–H groups in total. The normalized spacial score (nSPS) is 11.1. The number of nitrogens with one attached hydrogen (secondary N) is 1. The highest BCUT2D eigenvalue weighted by Gasteiger charge is 1.99. The van der Waals surface area contributed by atoms with Gasteiger partial charge in [-0.1, -0.05) is 18.2 Å². The van der Waals surface area contributed by atoms with E-state index in [9.17, 15) is 0 Å². The molecular weight excluding hydrogens is 298 g/mol. The second kappa shape index (κ2) is 9.37. The molecule has 2 aromatic rings. The van der Waals surface area contributed by atoms with Crippen molar-refractivity contribution in [3.63, 3.8) is 0 Å². The van der Waals surface area contributed by atoms with E-state index < -0.39 is 0 Å². The second-order valence-corrected chi connectivity index (χ2v) is 5.47. The number of benzene rings is 2. The van der Waals surface area contributed by atoms with Gasteiger partial charge in [0.15, 0.2) is 0 Å². The summed E-state index contributed by atoms with van der Waals surface area (Å²) in [5, 5.41) is 11.7. The molecule has 5 nitrogen and oxygen atoms in total. The molecule has 2 aromatic carbocycles. The summed E-state index contributed by atoms with van der Waals surface area (Å²) in [6.45, 7) is 0.766. The molecule has 0 aliphatic rings. The molecule has 5 heteroatoms. The van der Waals surface area contributed by atoms with Gasteiger partial charge in [0, 0.05) is 31.7 Å². The lowest BCUT2D eigenvalue weighted by atomic mass is 10.2. The first-order valence-corrected chi connectivity index (χ1v) is 8.03. The number of para-hydroxylation sites is 1. The van der Waals surface area contributed by atoms with Gasteiger partial charge in [-0.05, 0) is 36.4 Å². The molecule has 2 rings (SSSR count). The zero-order valence-electron chi connectivity index (χ0n) is 14.6. The standard InChI is InChI=1S/C19H25N5/c1-20-13-15-23(2)16-14-21-24(3)19-11-9-18(10-12-19)22-17-7-5-4-6-8-17/h4-15,20,22H,16H2,1-3H3/p+1/b15-13-,21-14+. The predicted octanol–water partition coefficient (Wildman–Crippen LogP) is 2.45. The zero-order valence-corrected chi connectivity index (χ0v) is 14.6. The lowest BCUT2D eigenvalue weighted by molar-refractivity contribution is -0.557. The molecule has 0 aliphatic carbocycles. The first kappa shape index (κ1) is 17.6. The van der Waals surface area contributed by atoms with E-state index >= 15 is 0 Å². The van der Waals surface area contributed by atoms with E-state index in [1.165, 1.54) is 0 Å². The van der Waals surface area contributed by atoms with Crippen molar-refractivity contribution in [1.82, 2.24) is 4.90 Å². The summed E-state index contributed by atoms with van der Waals surface area (Å²) < 4.78 is 0. The Bertz CT molecular complexity index is 649. The molecule has 0 unspecified atom stereocenters. The summed E-state index contributed by atoms with van der Waals surface area (Å²) in [7, 11) is 5.98. The zero-order chi connectivity index (χ0) is 17.2. The van der Waals surface area contributed by atoms with E-state index in [-0.39, 0.29) is 0 Å². The number of quaternary nitrogens is 1. The minimum absolute atomic E-state index is 0.766. The Morgan fingerprint density at radius 3 is 2.33 bits per heavy atom. The van der Waals surface area contributed by atoms with Crippen molar-refractivity contribution in [3.8, 4) is 0 Å². The third-order valence-corrected chi connectivity index (χ3v) is 3.46. The van der Waals surface area contributed by atoms with Gasteiger partial charge in [-0.25, -0.2) is 0 Å². The van der Waals surface area contributed by atoms with Gasteiger partial charge in [0.05, 0.1) is 25.5 Å². The number of hydrogen-bond acceptors (Lipinski definition) is 4. The Labute approximate surface area is 144 Å². The second-order valence-electron chi connectivity index (χ2n) is 5.47. The van der Waals surface area contributed by atoms with Gasteiger partial charge < -0.3 is 15.5 Å². The highest BCUT2D eigenvalue weighted by atomic mass is 15.4. The largest absolute Gasteiger partial charge is 0.371 e. The Morgan fingerprint density at radius 2 is 1.67 bits per heavy atom. The van der Waals surface area contributed by atoms with Crippen molar-refractivity contribution in [1.29, 1.82) is 0 Å². The Balaban J connectivity index is 1.89. The first-order valence-electron chi connectivity index (χ1n) is 8.03. The summed E-state index contributed by atoms with van der Waals surface area (Å²) in [6.07, 6.45) is 5.93. The number of nitrogens with two attached hydrogens (primary N) is 1. The average molecular weight is 324 g/mol. The van der Waals surface area contributed by atoms with Crippen molar-refractivity contribution in [2.24, 2.45) is 5.10 Å². The molecule has 0 spiro atoms. The van der Waals surface area contributed by atoms with Crippen LogP contribution in [0.3, 0.4) is 0 Å². The van der Waals surface area contributed by atoms with Crippen molar-refractivity contribution >= 4 is 23.3 Å². The molecule has 0 atom stereocenters. The molecule has 0 radical (unpaired) electrons. The number of rotatable bonds is 8. The fourth-order valence-electron chi connectivity index (χ4n) is 2.10. The number of anilines is 3. The van der Waals surface area contributed by atoms with Crippen LogP contribution < -0.4 is 15.6 Å². The topological polar surface area (TPSA) is 47.5 Å². The van der Waals surface area contributed by atoms with Crippen LogP contribution in [0, 0.1) is 0 Å². The minimum atomic E-state index is 0.766. The Hall–Kier alpha value is -2.79. The van der Waals surface area contributed by atoms with Gasteiger partial charge in [-0.15, -0.1) is 0 Å². The van der Waals surface area contributed by atoms with Gasteiger partial charge in [0.25, 0.3) is 0 Å². The highest BCUT2D eigenvalue weighted by molar-refractivity contribution is 5.65. The first-order chi connectivity index (χ1) is 11.7. The maximum atomic E-state index is 4.46. The molecule has 0 saturated heterocycles. The molecular formula is C19H26N5+. The van der Waals surface area contributed by atoms with Gasteiger partial charge in [0.1, 0.15) is 6.20 Å². The van der Waals surface area contributed by atoms with Crippen LogP contribution in [0.2, 0.25) is 0 Å². The van der Waals surface area contributed by atoms with Crippen molar-refractivity contribution in [2.75, 3.05) is 38.0 Å². The monoisotopic (exact) mass is 324 g/mol. The van der Waals surface area contributed by atoms with E-state index in [0.717, 1.165) is 23.6 Å². The molecule has 0 aliphatic heterocycles. The molecule has 0 amide bonds. The molecule has 0 heterocycles. The molecule has 126 valence electrons. The van der Waals surface area contributed by atoms with Gasteiger partial charge in [-0.2, -0.15) is 5.10 Å². The molecule has 0 fully saturated rings. The number of hydrogen-bond donors (Lipinski definition) is 2. The maximum Gasteiger partial charge on any atom is 0.108 e. The summed E-state index contributed by atoms with van der Waals surface area (Å²) in [5.41, 5.74) is 3.19. The van der Waals surface area contributed by atoms with Gasteiger partial charge in [0.2, 0.25) is 0 Å². The summed E-state index contributed by atoms with van der Waals surface area (Å²) in [4.78, 5) is 2.07. The van der Waals surface area contributed by atoms with Gasteiger partial charge in [-0.3, -0.25) is 5.01 Å². The van der Waals surface area contributed by atoms with Crippen LogP contribution >= 0.6 is 0 Å². The van der Waals surface area contributed by atoms with Crippen LogP contribution in [0.25, 0.3) is 0 Å². The van der Waals surface area contributed by atoms with Crippen LogP contribution in [-0.2, 0) is 0 Å². The van der Waals surface area contributed by atoms with E-state index in [4.69, 9.17) is 0 Å². The SMILES string of the molecule is C[NH2+]/C=C\N(C)C/C=N/N(C)c1ccc(Nc2ccccc2)cc1. The van der Waals surface area contributed by atoms with Crippen molar-refractivity contribution in [3.05, 3.63) is 67.0 Å². The quantitative estimate of drug-likeness (QED) is 0.579. The van der Waals surface area contributed by atoms with Gasteiger partial charge >= 0.3 is 0 Å². The number of nitrogens with zero attached hydrogens (tertiary/aromatic N) is 3. The highest BCUT2D eigenvalue weighted by Crippen LogP contribution is 2.20. The minimum Gasteiger partial charge on any atom is -0.371 e. The summed E-state index contributed by atoms with van der Waals surface area (Å²) in [6, 6.07) is 18.4. The number of hydrazone groups is 1. The lowest BCUT2D eigenvalue weighted by Gasteiger charge is -2.15. The maximum absolute atomic E-state index is 4.46. The fourth-order valence-corrected chi connectivity index (χ4v) is 2.10. The smallest absolute Gasteiger partial charge is 0.108 e. The van der Waals surface area contributed by atoms with Crippen molar-refractivity contribution < 1.29 is 5.32 Å². The average Bonchev–Trinajstić information content (AvgIpc) is 2.61. The van der Waals surface area contributed by atoms with Crippen LogP contribution in [0.5, 0.6) is 0 Å². The van der Waals surface area contributed by atoms with Crippen molar-refractivity contribution in [2.45, 2.75) is 0 Å². The van der Waals surface area contributed by atoms with E-state index in [0.29, 0.717) is 0 Å². The molecule has 0 bridgehead atoms. The third-order valence-electron chi connectivity index (χ3n) is 3.46. The lowest BCUT2D eigenvalue weighted by Crippen LogP contribution is -2.72. The van der Waals surface area contributed by atoms with E-state index in [1.54, 1.807) is 0 Å². The molecule has 0 saturated carbocycles. The Kier molecular flexibility index (Phi) is 6.86. The van der Waals surface area contributed by atoms with Crippen LogP contribution in [0.4, 0.5) is 17.1 Å². The summed E-state index contributed by atoms with van der Waals surface area (Å²) in [5.74, 6) is 0. The molecule has 0 aromatic heterocycles. The predicted molar refractivity (Wildman–Crippen MR) is 103 cm³/mol. The van der Waals surface area contributed by atoms with Crippen LogP contribution in [0.1, 0.15) is 0 Å². The molecule has 24 heavy (non-hydrogen) atoms.